The zero-order chi connectivity index (χ0) is 59.8. The third-order valence-electron chi connectivity index (χ3n) is 12.4. The van der Waals surface area contributed by atoms with Crippen molar-refractivity contribution in [1.82, 2.24) is 0 Å². The quantitative estimate of drug-likeness (QED) is 0.0197. The van der Waals surface area contributed by atoms with E-state index in [-0.39, 0.29) is 25.9 Å². The molecule has 0 aromatic rings. The van der Waals surface area contributed by atoms with Crippen molar-refractivity contribution < 1.29 is 52.2 Å². The van der Waals surface area contributed by atoms with Crippen LogP contribution < -0.4 is 0 Å². The highest BCUT2D eigenvalue weighted by Gasteiger charge is 2.28. The number of hydrogen-bond donors (Lipinski definition) is 2. The Hall–Kier alpha value is -4.90. The molecule has 0 aliphatic heterocycles. The average Bonchev–Trinajstić information content (AvgIpc) is 3.47. The minimum atomic E-state index is -4.79. The summed E-state index contributed by atoms with van der Waals surface area (Å²) in [7, 11) is -4.79. The van der Waals surface area contributed by atoms with E-state index in [1.807, 2.05) is 0 Å². The standard InChI is InChI=1S/C70H111O11P/c1-4-7-10-13-16-19-22-25-28-31-33-36-38-41-44-47-50-53-56-59-68(72)77-63-67(81-70(74)61-58-55-52-49-46-43-40-37-34-32-29-26-23-20-17-14-11-8-5-2)65-79-82(75,76)78-64-66(62-71)80-69(73)60-57-54-51-48-45-42-39-35-30-27-24-21-18-15-12-9-6-3/h7-12,16-21,25-30,33-34,36-37,41,43-44,46,66-67,71H,4-6,13-15,22-24,31-32,35,38-40,42,45,47-65H2,1-3H3,(H,75,76)/b10-7-,11-8-,12-9-,19-16-,20-17-,21-18-,28-25-,29-26-,30-27-,36-33-,37-34-,44-41-,46-43-. The first-order chi connectivity index (χ1) is 40.2. The topological polar surface area (TPSA) is 155 Å². The van der Waals surface area contributed by atoms with Gasteiger partial charge in [-0.15, -0.1) is 0 Å². The highest BCUT2D eigenvalue weighted by atomic mass is 31.2. The van der Waals surface area contributed by atoms with Crippen molar-refractivity contribution in [1.29, 1.82) is 0 Å². The lowest BCUT2D eigenvalue weighted by atomic mass is 10.1. The van der Waals surface area contributed by atoms with E-state index in [0.29, 0.717) is 19.3 Å². The van der Waals surface area contributed by atoms with Crippen molar-refractivity contribution >= 4 is 25.7 Å². The van der Waals surface area contributed by atoms with Gasteiger partial charge in [-0.1, -0.05) is 224 Å². The van der Waals surface area contributed by atoms with Gasteiger partial charge in [-0.05, 0) is 141 Å². The van der Waals surface area contributed by atoms with Crippen LogP contribution in [0.4, 0.5) is 0 Å². The Morgan fingerprint density at radius 3 is 0.927 bits per heavy atom. The Balaban J connectivity index is 4.86. The van der Waals surface area contributed by atoms with Gasteiger partial charge in [0.15, 0.2) is 6.10 Å². The lowest BCUT2D eigenvalue weighted by molar-refractivity contribution is -0.161. The Morgan fingerprint density at radius 2 is 0.598 bits per heavy atom. The van der Waals surface area contributed by atoms with Crippen LogP contribution in [-0.2, 0) is 42.2 Å². The molecule has 0 saturated carbocycles. The van der Waals surface area contributed by atoms with Gasteiger partial charge in [0.2, 0.25) is 0 Å². The van der Waals surface area contributed by atoms with Crippen molar-refractivity contribution in [2.45, 2.75) is 238 Å². The minimum absolute atomic E-state index is 0.111. The van der Waals surface area contributed by atoms with E-state index in [9.17, 15) is 28.9 Å². The maximum Gasteiger partial charge on any atom is 0.472 e. The second-order valence-corrected chi connectivity index (χ2v) is 21.5. The zero-order valence-corrected chi connectivity index (χ0v) is 52.0. The van der Waals surface area contributed by atoms with Crippen LogP contribution >= 0.6 is 7.82 Å². The molecule has 0 rings (SSSR count). The van der Waals surface area contributed by atoms with Crippen molar-refractivity contribution in [3.05, 3.63) is 158 Å². The molecule has 3 unspecified atom stereocenters. The number of phosphoric ester groups is 1. The molecular weight excluding hydrogens is 1050 g/mol. The molecule has 0 spiro atoms. The Labute approximate surface area is 498 Å². The van der Waals surface area contributed by atoms with Crippen LogP contribution in [0.3, 0.4) is 0 Å². The first kappa shape index (κ1) is 77.1. The van der Waals surface area contributed by atoms with Gasteiger partial charge in [-0.3, -0.25) is 23.4 Å². The molecule has 0 bridgehead atoms. The molecular formula is C70H111O11P. The zero-order valence-electron chi connectivity index (χ0n) is 51.1. The molecule has 0 aromatic heterocycles. The van der Waals surface area contributed by atoms with Crippen LogP contribution in [-0.4, -0.2) is 66.5 Å². The third kappa shape index (κ3) is 59.7. The summed E-state index contributed by atoms with van der Waals surface area (Å²) in [5.74, 6) is -1.57. The van der Waals surface area contributed by atoms with Crippen LogP contribution in [0.25, 0.3) is 0 Å². The summed E-state index contributed by atoms with van der Waals surface area (Å²) in [6, 6.07) is 0. The van der Waals surface area contributed by atoms with Crippen molar-refractivity contribution in [2.24, 2.45) is 0 Å². The SMILES string of the molecule is CC/C=C\C/C=C\C/C=C\C/C=C\C/C=C\CCCCCC(=O)OCC(COP(=O)(O)OCC(CO)OC(=O)CCCCCCCCC/C=C\C/C=C\C/C=C\CC)OC(=O)CCCCC/C=C\C/C=C\C/C=C\C/C=C\C/C=C\CC. The summed E-state index contributed by atoms with van der Waals surface area (Å²) >= 11 is 0. The maximum atomic E-state index is 13.0. The third-order valence-corrected chi connectivity index (χ3v) is 13.4. The molecule has 0 heterocycles. The van der Waals surface area contributed by atoms with E-state index in [4.69, 9.17) is 23.3 Å². The number of unbranched alkanes of at least 4 members (excludes halogenated alkanes) is 13. The molecule has 462 valence electrons. The number of carbonyl (C=O) groups is 3. The normalized spacial score (nSPS) is 14.4. The molecule has 0 fully saturated rings. The van der Waals surface area contributed by atoms with Gasteiger partial charge < -0.3 is 24.2 Å². The first-order valence-corrected chi connectivity index (χ1v) is 32.9. The molecule has 0 radical (unpaired) electrons. The number of esters is 3. The van der Waals surface area contributed by atoms with Gasteiger partial charge in [0.1, 0.15) is 12.7 Å². The number of hydrogen-bond acceptors (Lipinski definition) is 10. The van der Waals surface area contributed by atoms with Crippen LogP contribution in [0.2, 0.25) is 0 Å². The monoisotopic (exact) mass is 1160 g/mol. The number of rotatable bonds is 56. The number of aliphatic hydroxyl groups is 1. The van der Waals surface area contributed by atoms with Gasteiger partial charge in [-0.25, -0.2) is 4.57 Å². The summed E-state index contributed by atoms with van der Waals surface area (Å²) in [6.45, 7) is 4.21. The first-order valence-electron chi connectivity index (χ1n) is 31.4. The minimum Gasteiger partial charge on any atom is -0.462 e. The fourth-order valence-corrected chi connectivity index (χ4v) is 8.56. The molecule has 0 aliphatic carbocycles. The average molecular weight is 1160 g/mol. The predicted octanol–water partition coefficient (Wildman–Crippen LogP) is 19.3. The van der Waals surface area contributed by atoms with Gasteiger partial charge >= 0.3 is 25.7 Å². The fourth-order valence-electron chi connectivity index (χ4n) is 7.78. The van der Waals surface area contributed by atoms with Crippen LogP contribution in [0, 0.1) is 0 Å². The smallest absolute Gasteiger partial charge is 0.462 e. The molecule has 0 aliphatic rings. The number of aliphatic hydroxyl groups excluding tert-OH is 1. The number of carbonyl (C=O) groups excluding carboxylic acids is 3. The molecule has 0 aromatic carbocycles. The van der Waals surface area contributed by atoms with E-state index < -0.39 is 57.8 Å². The number of ether oxygens (including phenoxy) is 3. The summed E-state index contributed by atoms with van der Waals surface area (Å²) in [5.41, 5.74) is 0. The Kier molecular flexibility index (Phi) is 58.4. The fraction of sp³-hybridized carbons (Fsp3) is 0.586. The Bertz CT molecular complexity index is 1980. The van der Waals surface area contributed by atoms with Gasteiger partial charge in [0.05, 0.1) is 19.8 Å². The van der Waals surface area contributed by atoms with Crippen LogP contribution in [0.1, 0.15) is 226 Å². The van der Waals surface area contributed by atoms with Gasteiger partial charge in [0, 0.05) is 19.3 Å². The molecule has 11 nitrogen and oxygen atoms in total. The molecule has 0 saturated heterocycles. The molecule has 12 heteroatoms. The lowest BCUT2D eigenvalue weighted by Gasteiger charge is -2.21. The summed E-state index contributed by atoms with van der Waals surface area (Å²) in [6.07, 6.45) is 81.9. The highest BCUT2D eigenvalue weighted by molar-refractivity contribution is 7.47. The Morgan fingerprint density at radius 1 is 0.341 bits per heavy atom. The van der Waals surface area contributed by atoms with Crippen molar-refractivity contribution in [2.75, 3.05) is 26.4 Å². The lowest BCUT2D eigenvalue weighted by Crippen LogP contribution is -2.30. The second kappa shape index (κ2) is 62.2. The second-order valence-electron chi connectivity index (χ2n) is 20.1. The van der Waals surface area contributed by atoms with E-state index in [1.165, 1.54) is 6.42 Å². The van der Waals surface area contributed by atoms with Crippen molar-refractivity contribution in [3.8, 4) is 0 Å². The molecule has 82 heavy (non-hydrogen) atoms. The predicted molar refractivity (Wildman–Crippen MR) is 343 cm³/mol. The molecule has 3 atom stereocenters. The van der Waals surface area contributed by atoms with Gasteiger partial charge in [0.25, 0.3) is 0 Å². The molecule has 0 amide bonds. The maximum absolute atomic E-state index is 13.0. The summed E-state index contributed by atoms with van der Waals surface area (Å²) in [4.78, 5) is 48.8. The van der Waals surface area contributed by atoms with E-state index in [2.05, 4.69) is 179 Å². The highest BCUT2D eigenvalue weighted by Crippen LogP contribution is 2.43. The van der Waals surface area contributed by atoms with E-state index in [0.717, 1.165) is 161 Å². The van der Waals surface area contributed by atoms with E-state index in [1.54, 1.807) is 0 Å². The summed E-state index contributed by atoms with van der Waals surface area (Å²) in [5, 5.41) is 9.85. The van der Waals surface area contributed by atoms with Crippen molar-refractivity contribution in [3.63, 3.8) is 0 Å². The van der Waals surface area contributed by atoms with Gasteiger partial charge in [-0.2, -0.15) is 0 Å². The van der Waals surface area contributed by atoms with Crippen LogP contribution in [0.15, 0.2) is 158 Å². The van der Waals surface area contributed by atoms with Crippen LogP contribution in [0.5, 0.6) is 0 Å². The molecule has 2 N–H and O–H groups in total. The van der Waals surface area contributed by atoms with E-state index >= 15 is 0 Å². The number of phosphoric acid groups is 1. The largest absolute Gasteiger partial charge is 0.472 e. The number of allylic oxidation sites excluding steroid dienone is 26. The summed E-state index contributed by atoms with van der Waals surface area (Å²) < 4.78 is 39.6.